The summed E-state index contributed by atoms with van der Waals surface area (Å²) in [5.41, 5.74) is 2.45. The Hall–Kier alpha value is -3.36. The monoisotopic (exact) mass is 452 g/mol. The molecule has 2 aromatic rings. The molecule has 4 amide bonds. The number of fused-ring (bicyclic) bond motifs is 3. The predicted octanol–water partition coefficient (Wildman–Crippen LogP) is 2.34. The maximum absolute atomic E-state index is 13.2. The molecule has 1 saturated carbocycles. The van der Waals surface area contributed by atoms with Crippen molar-refractivity contribution >= 4 is 34.7 Å². The lowest BCUT2D eigenvalue weighted by molar-refractivity contribution is -0.141. The fraction of sp³-hybridized carbons (Fsp3) is 0.500. The second-order valence-electron chi connectivity index (χ2n) is 9.34. The molecule has 9 heteroatoms. The smallest absolute Gasteiger partial charge is 0.337 e. The van der Waals surface area contributed by atoms with E-state index in [2.05, 4.69) is 10.3 Å². The molecule has 33 heavy (non-hydrogen) atoms. The Bertz CT molecular complexity index is 1170. The Morgan fingerprint density at radius 2 is 2.06 bits per heavy atom. The number of carbonyl (C=O) groups excluding carboxylic acids is 4. The number of nitrogens with one attached hydrogen (secondary N) is 2. The molecule has 0 unspecified atom stereocenters. The van der Waals surface area contributed by atoms with Crippen LogP contribution in [0.2, 0.25) is 0 Å². The number of urea groups is 1. The molecule has 0 radical (unpaired) electrons. The molecule has 3 heterocycles. The van der Waals surface area contributed by atoms with Crippen molar-refractivity contribution in [2.24, 2.45) is 5.92 Å². The average molecular weight is 453 g/mol. The first kappa shape index (κ1) is 21.5. The number of hydrogen-bond donors (Lipinski definition) is 2. The minimum Gasteiger partial charge on any atom is -0.465 e. The third-order valence-corrected chi connectivity index (χ3v) is 7.54. The van der Waals surface area contributed by atoms with Gasteiger partial charge in [0, 0.05) is 41.7 Å². The summed E-state index contributed by atoms with van der Waals surface area (Å²) in [6.45, 7) is 2.58. The summed E-state index contributed by atoms with van der Waals surface area (Å²) in [5, 5.41) is 3.77. The minimum absolute atomic E-state index is 0.0515. The molecule has 1 aliphatic carbocycles. The standard InChI is InChI=1S/C24H28N4O5/c1-14-5-3-4-9-24(14)22(31)28(23(32)26-24)13-20(29)27-10-8-19-17(12-27)16-11-15(21(30)33-2)6-7-18(16)25-19/h6-7,11,14,25H,3-5,8-10,12-13H2,1-2H3,(H,26,32)/t14-,24-/m1/s1. The van der Waals surface area contributed by atoms with Gasteiger partial charge < -0.3 is 19.9 Å². The van der Waals surface area contributed by atoms with Crippen molar-refractivity contribution in [1.82, 2.24) is 20.1 Å². The number of aromatic amines is 1. The van der Waals surface area contributed by atoms with Crippen LogP contribution in [0.4, 0.5) is 4.79 Å². The molecule has 5 rings (SSSR count). The number of amides is 4. The van der Waals surface area contributed by atoms with Gasteiger partial charge in [-0.2, -0.15) is 0 Å². The fourth-order valence-corrected chi connectivity index (χ4v) is 5.55. The third-order valence-electron chi connectivity index (χ3n) is 7.54. The van der Waals surface area contributed by atoms with Gasteiger partial charge in [0.05, 0.1) is 12.7 Å². The van der Waals surface area contributed by atoms with Crippen molar-refractivity contribution in [3.05, 3.63) is 35.0 Å². The largest absolute Gasteiger partial charge is 0.465 e. The summed E-state index contributed by atoms with van der Waals surface area (Å²) in [7, 11) is 1.34. The lowest BCUT2D eigenvalue weighted by Crippen LogP contribution is -2.54. The molecule has 1 aromatic heterocycles. The number of rotatable bonds is 3. The van der Waals surface area contributed by atoms with Crippen LogP contribution in [0.25, 0.3) is 10.9 Å². The minimum atomic E-state index is -0.869. The Balaban J connectivity index is 1.35. The number of nitrogens with zero attached hydrogens (tertiary/aromatic N) is 2. The van der Waals surface area contributed by atoms with E-state index in [-0.39, 0.29) is 24.3 Å². The number of carbonyl (C=O) groups is 4. The van der Waals surface area contributed by atoms with Gasteiger partial charge in [-0.3, -0.25) is 14.5 Å². The van der Waals surface area contributed by atoms with Crippen molar-refractivity contribution in [2.45, 2.75) is 51.1 Å². The maximum atomic E-state index is 13.2. The number of H-pyrrole nitrogens is 1. The van der Waals surface area contributed by atoms with Crippen molar-refractivity contribution < 1.29 is 23.9 Å². The number of esters is 1. The molecule has 1 saturated heterocycles. The van der Waals surface area contributed by atoms with E-state index in [9.17, 15) is 19.2 Å². The Labute approximate surface area is 191 Å². The molecular formula is C24H28N4O5. The van der Waals surface area contributed by atoms with Crippen molar-refractivity contribution in [3.63, 3.8) is 0 Å². The highest BCUT2D eigenvalue weighted by molar-refractivity contribution is 6.09. The van der Waals surface area contributed by atoms with E-state index in [0.29, 0.717) is 31.5 Å². The molecule has 2 aliphatic heterocycles. The summed E-state index contributed by atoms with van der Waals surface area (Å²) < 4.78 is 4.83. The molecule has 2 atom stereocenters. The number of methoxy groups -OCH3 is 1. The van der Waals surface area contributed by atoms with Crippen LogP contribution >= 0.6 is 0 Å². The molecule has 1 spiro atoms. The van der Waals surface area contributed by atoms with Gasteiger partial charge in [-0.1, -0.05) is 19.8 Å². The Morgan fingerprint density at radius 3 is 2.82 bits per heavy atom. The third kappa shape index (κ3) is 3.37. The molecule has 2 fully saturated rings. The first-order valence-electron chi connectivity index (χ1n) is 11.5. The molecule has 3 aliphatic rings. The second kappa shape index (κ2) is 7.90. The van der Waals surface area contributed by atoms with Crippen LogP contribution in [0.1, 0.15) is 54.2 Å². The van der Waals surface area contributed by atoms with Gasteiger partial charge in [-0.15, -0.1) is 0 Å². The predicted molar refractivity (Wildman–Crippen MR) is 119 cm³/mol. The van der Waals surface area contributed by atoms with Crippen LogP contribution in [0.3, 0.4) is 0 Å². The summed E-state index contributed by atoms with van der Waals surface area (Å²) in [6, 6.07) is 4.84. The van der Waals surface area contributed by atoms with E-state index in [0.717, 1.165) is 46.3 Å². The van der Waals surface area contributed by atoms with Crippen LogP contribution in [0.5, 0.6) is 0 Å². The molecule has 2 N–H and O–H groups in total. The zero-order valence-corrected chi connectivity index (χ0v) is 18.9. The highest BCUT2D eigenvalue weighted by Crippen LogP contribution is 2.38. The summed E-state index contributed by atoms with van der Waals surface area (Å²) >= 11 is 0. The molecule has 1 aromatic carbocycles. The first-order chi connectivity index (χ1) is 15.8. The van der Waals surface area contributed by atoms with Crippen LogP contribution < -0.4 is 5.32 Å². The Morgan fingerprint density at radius 1 is 1.24 bits per heavy atom. The van der Waals surface area contributed by atoms with Gasteiger partial charge in [-0.25, -0.2) is 9.59 Å². The number of hydrogen-bond acceptors (Lipinski definition) is 5. The van der Waals surface area contributed by atoms with Crippen molar-refractivity contribution in [1.29, 1.82) is 0 Å². The van der Waals surface area contributed by atoms with E-state index in [4.69, 9.17) is 4.74 Å². The van der Waals surface area contributed by atoms with Crippen molar-refractivity contribution in [2.75, 3.05) is 20.2 Å². The summed E-state index contributed by atoms with van der Waals surface area (Å²) in [4.78, 5) is 57.1. The average Bonchev–Trinajstić information content (AvgIpc) is 3.30. The number of benzene rings is 1. The normalized spacial score (nSPS) is 24.8. The van der Waals surface area contributed by atoms with Gasteiger partial charge in [0.25, 0.3) is 5.91 Å². The topological polar surface area (TPSA) is 112 Å². The van der Waals surface area contributed by atoms with Crippen LogP contribution in [-0.2, 0) is 27.3 Å². The second-order valence-corrected chi connectivity index (χ2v) is 9.34. The van der Waals surface area contributed by atoms with Crippen molar-refractivity contribution in [3.8, 4) is 0 Å². The van der Waals surface area contributed by atoms with Crippen LogP contribution in [-0.4, -0.2) is 64.3 Å². The van der Waals surface area contributed by atoms with Gasteiger partial charge in [0.2, 0.25) is 5.91 Å². The van der Waals surface area contributed by atoms with E-state index in [1.807, 2.05) is 13.0 Å². The number of imide groups is 1. The molecule has 174 valence electrons. The van der Waals surface area contributed by atoms with Gasteiger partial charge >= 0.3 is 12.0 Å². The highest BCUT2D eigenvalue weighted by atomic mass is 16.5. The quantitative estimate of drug-likeness (QED) is 0.548. The lowest BCUT2D eigenvalue weighted by Gasteiger charge is -2.37. The van der Waals surface area contributed by atoms with Gasteiger partial charge in [-0.05, 0) is 37.0 Å². The zero-order valence-electron chi connectivity index (χ0n) is 18.9. The SMILES string of the molecule is COC(=O)c1ccc2[nH]c3c(c2c1)CN(C(=O)CN1C(=O)N[C@@]2(CCCC[C@H]2C)C1=O)CC3. The summed E-state index contributed by atoms with van der Waals surface area (Å²) in [5.74, 6) is -0.903. The first-order valence-corrected chi connectivity index (χ1v) is 11.5. The molecule has 0 bridgehead atoms. The maximum Gasteiger partial charge on any atom is 0.337 e. The van der Waals surface area contributed by atoms with Gasteiger partial charge in [0.15, 0.2) is 0 Å². The zero-order chi connectivity index (χ0) is 23.3. The van der Waals surface area contributed by atoms with E-state index >= 15 is 0 Å². The van der Waals surface area contributed by atoms with Gasteiger partial charge in [0.1, 0.15) is 12.1 Å². The lowest BCUT2D eigenvalue weighted by atomic mass is 9.73. The van der Waals surface area contributed by atoms with E-state index in [1.54, 1.807) is 17.0 Å². The van der Waals surface area contributed by atoms with Crippen LogP contribution in [0, 0.1) is 5.92 Å². The highest BCUT2D eigenvalue weighted by Gasteiger charge is 2.55. The summed E-state index contributed by atoms with van der Waals surface area (Å²) in [6.07, 6.45) is 4.07. The molecule has 9 nitrogen and oxygen atoms in total. The molecular weight excluding hydrogens is 424 g/mol. The van der Waals surface area contributed by atoms with Crippen LogP contribution in [0.15, 0.2) is 18.2 Å². The number of aromatic nitrogens is 1. The number of ether oxygens (including phenoxy) is 1. The van der Waals surface area contributed by atoms with E-state index in [1.165, 1.54) is 7.11 Å². The Kier molecular flexibility index (Phi) is 5.14. The fourth-order valence-electron chi connectivity index (χ4n) is 5.55. The van der Waals surface area contributed by atoms with E-state index < -0.39 is 17.5 Å².